The number of thioether (sulfide) groups is 1. The summed E-state index contributed by atoms with van der Waals surface area (Å²) in [5.74, 6) is 1.09. The van der Waals surface area contributed by atoms with Gasteiger partial charge in [0, 0.05) is 18.5 Å². The molecule has 0 unspecified atom stereocenters. The van der Waals surface area contributed by atoms with E-state index in [0.717, 1.165) is 11.1 Å². The van der Waals surface area contributed by atoms with Crippen molar-refractivity contribution in [3.05, 3.63) is 59.7 Å². The SMILES string of the molecule is C/C=C/c1ccc(OCC(=O)N(C)Cc2ccc(SC)cc2)c(OC)c1. The van der Waals surface area contributed by atoms with E-state index in [1.165, 1.54) is 4.90 Å². The summed E-state index contributed by atoms with van der Waals surface area (Å²) in [6.45, 7) is 2.48. The van der Waals surface area contributed by atoms with E-state index in [9.17, 15) is 4.79 Å². The van der Waals surface area contributed by atoms with Gasteiger partial charge >= 0.3 is 0 Å². The molecule has 0 aliphatic carbocycles. The van der Waals surface area contributed by atoms with Gasteiger partial charge in [-0.15, -0.1) is 11.8 Å². The van der Waals surface area contributed by atoms with Crippen molar-refractivity contribution in [3.8, 4) is 11.5 Å². The Bertz CT molecular complexity index is 756. The van der Waals surface area contributed by atoms with Crippen LogP contribution in [0, 0.1) is 0 Å². The number of allylic oxidation sites excluding steroid dienone is 1. The molecule has 0 aromatic heterocycles. The van der Waals surface area contributed by atoms with Gasteiger partial charge in [-0.1, -0.05) is 30.4 Å². The minimum Gasteiger partial charge on any atom is -0.493 e. The molecular formula is C21H25NO3S. The van der Waals surface area contributed by atoms with Crippen LogP contribution >= 0.6 is 11.8 Å². The second-order valence-corrected chi connectivity index (χ2v) is 6.68. The van der Waals surface area contributed by atoms with Gasteiger partial charge in [-0.25, -0.2) is 0 Å². The first-order valence-electron chi connectivity index (χ1n) is 8.37. The van der Waals surface area contributed by atoms with Crippen molar-refractivity contribution in [1.29, 1.82) is 0 Å². The predicted molar refractivity (Wildman–Crippen MR) is 108 cm³/mol. The molecule has 0 N–H and O–H groups in total. The van der Waals surface area contributed by atoms with Gasteiger partial charge in [-0.05, 0) is 48.6 Å². The molecule has 26 heavy (non-hydrogen) atoms. The Morgan fingerprint density at radius 3 is 2.50 bits per heavy atom. The highest BCUT2D eigenvalue weighted by molar-refractivity contribution is 7.98. The molecule has 4 nitrogen and oxygen atoms in total. The molecule has 5 heteroatoms. The van der Waals surface area contributed by atoms with Gasteiger partial charge in [0.15, 0.2) is 18.1 Å². The molecule has 0 bridgehead atoms. The van der Waals surface area contributed by atoms with Crippen LogP contribution in [0.2, 0.25) is 0 Å². The molecule has 0 saturated carbocycles. The Morgan fingerprint density at radius 1 is 1.15 bits per heavy atom. The lowest BCUT2D eigenvalue weighted by molar-refractivity contribution is -0.132. The first-order valence-corrected chi connectivity index (χ1v) is 9.60. The van der Waals surface area contributed by atoms with Crippen LogP contribution in [0.4, 0.5) is 0 Å². The van der Waals surface area contributed by atoms with E-state index in [1.54, 1.807) is 30.8 Å². The van der Waals surface area contributed by atoms with Crippen LogP contribution in [0.1, 0.15) is 18.1 Å². The molecule has 0 heterocycles. The number of nitrogens with zero attached hydrogens (tertiary/aromatic N) is 1. The zero-order chi connectivity index (χ0) is 18.9. The van der Waals surface area contributed by atoms with E-state index in [0.29, 0.717) is 18.0 Å². The van der Waals surface area contributed by atoms with E-state index in [1.807, 2.05) is 55.7 Å². The normalized spacial score (nSPS) is 10.8. The van der Waals surface area contributed by atoms with E-state index in [4.69, 9.17) is 9.47 Å². The van der Waals surface area contributed by atoms with Crippen molar-refractivity contribution in [3.63, 3.8) is 0 Å². The second kappa shape index (κ2) is 9.92. The lowest BCUT2D eigenvalue weighted by Gasteiger charge is -2.18. The van der Waals surface area contributed by atoms with Gasteiger partial charge in [-0.3, -0.25) is 4.79 Å². The highest BCUT2D eigenvalue weighted by Crippen LogP contribution is 2.28. The van der Waals surface area contributed by atoms with Gasteiger partial charge < -0.3 is 14.4 Å². The summed E-state index contributed by atoms with van der Waals surface area (Å²) >= 11 is 1.70. The standard InChI is InChI=1S/C21H25NO3S/c1-5-6-16-9-12-19(20(13-16)24-3)25-15-21(23)22(2)14-17-7-10-18(26-4)11-8-17/h5-13H,14-15H2,1-4H3/b6-5+. The first-order chi connectivity index (χ1) is 12.6. The van der Waals surface area contributed by atoms with Crippen LogP contribution in [0.3, 0.4) is 0 Å². The average molecular weight is 372 g/mol. The Kier molecular flexibility index (Phi) is 7.60. The number of carbonyl (C=O) groups excluding carboxylic acids is 1. The molecule has 2 aromatic rings. The molecule has 2 aromatic carbocycles. The van der Waals surface area contributed by atoms with Gasteiger partial charge in [0.2, 0.25) is 0 Å². The fraction of sp³-hybridized carbons (Fsp3) is 0.286. The maximum absolute atomic E-state index is 12.4. The Hall–Kier alpha value is -2.40. The van der Waals surface area contributed by atoms with Crippen molar-refractivity contribution in [2.75, 3.05) is 27.0 Å². The largest absolute Gasteiger partial charge is 0.493 e. The van der Waals surface area contributed by atoms with Crippen molar-refractivity contribution >= 4 is 23.7 Å². The number of amides is 1. The van der Waals surface area contributed by atoms with Crippen molar-refractivity contribution in [2.24, 2.45) is 0 Å². The summed E-state index contributed by atoms with van der Waals surface area (Å²) in [5, 5.41) is 0. The molecular weight excluding hydrogens is 346 g/mol. The fourth-order valence-electron chi connectivity index (χ4n) is 2.44. The zero-order valence-electron chi connectivity index (χ0n) is 15.7. The smallest absolute Gasteiger partial charge is 0.260 e. The van der Waals surface area contributed by atoms with E-state index >= 15 is 0 Å². The number of ether oxygens (including phenoxy) is 2. The van der Waals surface area contributed by atoms with Crippen molar-refractivity contribution in [1.82, 2.24) is 4.90 Å². The monoisotopic (exact) mass is 371 g/mol. The fourth-order valence-corrected chi connectivity index (χ4v) is 2.85. The van der Waals surface area contributed by atoms with Gasteiger partial charge in [0.05, 0.1) is 7.11 Å². The Morgan fingerprint density at radius 2 is 1.88 bits per heavy atom. The minimum absolute atomic E-state index is 0.0290. The zero-order valence-corrected chi connectivity index (χ0v) is 16.5. The molecule has 0 fully saturated rings. The van der Waals surface area contributed by atoms with E-state index in [2.05, 4.69) is 12.1 Å². The summed E-state index contributed by atoms with van der Waals surface area (Å²) in [4.78, 5) is 15.2. The van der Waals surface area contributed by atoms with Crippen LogP contribution in [-0.2, 0) is 11.3 Å². The minimum atomic E-state index is -0.0847. The molecule has 0 saturated heterocycles. The number of hydrogen-bond acceptors (Lipinski definition) is 4. The topological polar surface area (TPSA) is 38.8 Å². The number of methoxy groups -OCH3 is 1. The van der Waals surface area contributed by atoms with Crippen molar-refractivity contribution in [2.45, 2.75) is 18.4 Å². The van der Waals surface area contributed by atoms with Crippen LogP contribution in [0.5, 0.6) is 11.5 Å². The Labute approximate surface area is 159 Å². The number of rotatable bonds is 8. The number of likely N-dealkylation sites (N-methyl/N-ethyl adjacent to an activating group) is 1. The maximum atomic E-state index is 12.4. The predicted octanol–water partition coefficient (Wildman–Crippen LogP) is 4.49. The quantitative estimate of drug-likeness (QED) is 0.641. The summed E-state index contributed by atoms with van der Waals surface area (Å²) in [7, 11) is 3.37. The number of benzene rings is 2. The second-order valence-electron chi connectivity index (χ2n) is 5.80. The van der Waals surface area contributed by atoms with Crippen LogP contribution in [-0.4, -0.2) is 37.8 Å². The van der Waals surface area contributed by atoms with Gasteiger partial charge in [0.25, 0.3) is 5.91 Å². The average Bonchev–Trinajstić information content (AvgIpc) is 2.67. The number of carbonyl (C=O) groups is 1. The molecule has 2 rings (SSSR count). The molecule has 0 atom stereocenters. The van der Waals surface area contributed by atoms with Gasteiger partial charge in [0.1, 0.15) is 0 Å². The summed E-state index contributed by atoms with van der Waals surface area (Å²) in [6, 6.07) is 13.8. The molecule has 0 aliphatic heterocycles. The molecule has 138 valence electrons. The summed E-state index contributed by atoms with van der Waals surface area (Å²) < 4.78 is 11.0. The third-order valence-corrected chi connectivity index (χ3v) is 4.65. The lowest BCUT2D eigenvalue weighted by Crippen LogP contribution is -2.31. The van der Waals surface area contributed by atoms with Crippen LogP contribution in [0.25, 0.3) is 6.08 Å². The van der Waals surface area contributed by atoms with Crippen LogP contribution in [0.15, 0.2) is 53.4 Å². The highest BCUT2D eigenvalue weighted by Gasteiger charge is 2.12. The summed E-state index contributed by atoms with van der Waals surface area (Å²) in [6.07, 6.45) is 5.98. The molecule has 0 radical (unpaired) electrons. The molecule has 0 aliphatic rings. The molecule has 0 spiro atoms. The summed E-state index contributed by atoms with van der Waals surface area (Å²) in [5.41, 5.74) is 2.11. The van der Waals surface area contributed by atoms with Crippen molar-refractivity contribution < 1.29 is 14.3 Å². The number of hydrogen-bond donors (Lipinski definition) is 0. The third-order valence-electron chi connectivity index (χ3n) is 3.90. The molecule has 1 amide bonds. The highest BCUT2D eigenvalue weighted by atomic mass is 32.2. The van der Waals surface area contributed by atoms with Gasteiger partial charge in [-0.2, -0.15) is 0 Å². The van der Waals surface area contributed by atoms with E-state index in [-0.39, 0.29) is 12.5 Å². The van der Waals surface area contributed by atoms with Crippen LogP contribution < -0.4 is 9.47 Å². The Balaban J connectivity index is 1.94. The third kappa shape index (κ3) is 5.56. The maximum Gasteiger partial charge on any atom is 0.260 e. The van der Waals surface area contributed by atoms with E-state index < -0.39 is 0 Å². The lowest BCUT2D eigenvalue weighted by atomic mass is 10.2. The first kappa shape index (κ1) is 19.9.